The third-order valence-corrected chi connectivity index (χ3v) is 6.10. The van der Waals surface area contributed by atoms with Gasteiger partial charge in [-0.05, 0) is 13.8 Å². The molecule has 4 heterocycles. The van der Waals surface area contributed by atoms with E-state index in [1.165, 1.54) is 10.9 Å². The summed E-state index contributed by atoms with van der Waals surface area (Å²) in [5.74, 6) is 0.0756. The molecule has 14 heteroatoms. The molecule has 0 saturated carbocycles. The van der Waals surface area contributed by atoms with Crippen LogP contribution in [0.25, 0.3) is 11.2 Å². The molecule has 2 aliphatic heterocycles. The number of imidazole rings is 1. The van der Waals surface area contributed by atoms with Crippen LogP contribution in [0.3, 0.4) is 0 Å². The van der Waals surface area contributed by atoms with E-state index in [0.29, 0.717) is 0 Å². The van der Waals surface area contributed by atoms with Crippen molar-refractivity contribution >= 4 is 24.8 Å². The quantitative estimate of drug-likeness (QED) is 0.692. The zero-order valence-electron chi connectivity index (χ0n) is 14.8. The maximum atomic E-state index is 13.9. The van der Waals surface area contributed by atoms with E-state index < -0.39 is 51.0 Å². The molecule has 3 N–H and O–H groups in total. The number of nitrogens with zero attached hydrogens (tertiary/aromatic N) is 4. The summed E-state index contributed by atoms with van der Waals surface area (Å²) in [6.07, 6.45) is -5.96. The van der Waals surface area contributed by atoms with Gasteiger partial charge in [0.25, 0.3) is 6.43 Å². The maximum Gasteiger partial charge on any atom is 0.475 e. The Balaban J connectivity index is 1.73. The second-order valence-electron chi connectivity index (χ2n) is 6.74. The van der Waals surface area contributed by atoms with E-state index in [1.807, 2.05) is 0 Å². The number of aromatic nitrogens is 4. The number of fused-ring (bicyclic) bond motifs is 2. The second kappa shape index (κ2) is 6.65. The van der Waals surface area contributed by atoms with Crippen LogP contribution >= 0.6 is 7.82 Å². The number of rotatable bonds is 4. The molecule has 1 unspecified atom stereocenters. The lowest BCUT2D eigenvalue weighted by Crippen LogP contribution is -2.56. The van der Waals surface area contributed by atoms with Gasteiger partial charge in [-0.3, -0.25) is 18.1 Å². The van der Waals surface area contributed by atoms with Crippen LogP contribution in [0.5, 0.6) is 0 Å². The minimum Gasteiger partial charge on any atom is -0.386 e. The summed E-state index contributed by atoms with van der Waals surface area (Å²) in [5.41, 5.74) is 3.76. The van der Waals surface area contributed by atoms with Crippen LogP contribution in [0.1, 0.15) is 20.1 Å². The van der Waals surface area contributed by atoms with Crippen molar-refractivity contribution in [3.63, 3.8) is 0 Å². The lowest BCUT2D eigenvalue weighted by molar-refractivity contribution is -0.208. The fourth-order valence-electron chi connectivity index (χ4n) is 3.25. The molecule has 0 amide bonds. The van der Waals surface area contributed by atoms with Crippen LogP contribution in [0.15, 0.2) is 12.7 Å². The zero-order valence-corrected chi connectivity index (χ0v) is 15.7. The molecule has 2 aromatic heterocycles. The van der Waals surface area contributed by atoms with E-state index in [-0.39, 0.29) is 17.0 Å². The Morgan fingerprint density at radius 2 is 2.18 bits per heavy atom. The van der Waals surface area contributed by atoms with Crippen LogP contribution in [0, 0.1) is 0 Å². The molecule has 11 nitrogen and oxygen atoms in total. The van der Waals surface area contributed by atoms with Gasteiger partial charge in [-0.2, -0.15) is 0 Å². The largest absolute Gasteiger partial charge is 0.475 e. The fourth-order valence-corrected chi connectivity index (χ4v) is 4.88. The van der Waals surface area contributed by atoms with Crippen LogP contribution < -0.4 is 5.73 Å². The predicted molar refractivity (Wildman–Crippen MR) is 89.3 cm³/mol. The van der Waals surface area contributed by atoms with Gasteiger partial charge in [0.05, 0.1) is 19.0 Å². The van der Waals surface area contributed by atoms with Gasteiger partial charge in [0.15, 0.2) is 23.3 Å². The number of ether oxygens (including phenoxy) is 1. The van der Waals surface area contributed by atoms with E-state index >= 15 is 0 Å². The summed E-state index contributed by atoms with van der Waals surface area (Å²) >= 11 is 0. The highest BCUT2D eigenvalue weighted by atomic mass is 31.2. The minimum absolute atomic E-state index is 0.0756. The second-order valence-corrected chi connectivity index (χ2v) is 8.31. The van der Waals surface area contributed by atoms with E-state index in [4.69, 9.17) is 24.0 Å². The monoisotopic (exact) mass is 421 g/mol. The van der Waals surface area contributed by atoms with E-state index in [9.17, 15) is 18.5 Å². The molecular weight excluding hydrogens is 403 g/mol. The lowest BCUT2D eigenvalue weighted by Gasteiger charge is -2.39. The minimum atomic E-state index is -4.16. The lowest BCUT2D eigenvalue weighted by atomic mass is 9.96. The molecule has 2 fully saturated rings. The van der Waals surface area contributed by atoms with Crippen molar-refractivity contribution in [2.24, 2.45) is 0 Å². The summed E-state index contributed by atoms with van der Waals surface area (Å²) in [5, 5.41) is 10.7. The topological polar surface area (TPSA) is 144 Å². The van der Waals surface area contributed by atoms with Gasteiger partial charge in [-0.1, -0.05) is 0 Å². The molecule has 2 aromatic rings. The van der Waals surface area contributed by atoms with Crippen molar-refractivity contribution in [1.29, 1.82) is 0 Å². The van der Waals surface area contributed by atoms with Crippen molar-refractivity contribution in [1.82, 2.24) is 19.5 Å². The van der Waals surface area contributed by atoms with Gasteiger partial charge < -0.3 is 15.6 Å². The van der Waals surface area contributed by atoms with Crippen LogP contribution in [-0.2, 0) is 22.9 Å². The Kier molecular flexibility index (Phi) is 4.64. The molecule has 0 aliphatic carbocycles. The molecule has 2 aliphatic rings. The van der Waals surface area contributed by atoms with Crippen LogP contribution in [0.4, 0.5) is 14.6 Å². The van der Waals surface area contributed by atoms with Gasteiger partial charge in [-0.15, -0.1) is 0 Å². The number of phosphoric ester groups is 1. The first-order valence-corrected chi connectivity index (χ1v) is 9.81. The highest BCUT2D eigenvalue weighted by Crippen LogP contribution is 2.61. The number of alkyl halides is 2. The van der Waals surface area contributed by atoms with Crippen molar-refractivity contribution < 1.29 is 36.8 Å². The van der Waals surface area contributed by atoms with Crippen molar-refractivity contribution in [2.75, 3.05) is 12.3 Å². The molecule has 5 atom stereocenters. The summed E-state index contributed by atoms with van der Waals surface area (Å²) in [6.45, 7) is 2.36. The Morgan fingerprint density at radius 3 is 2.86 bits per heavy atom. The maximum absolute atomic E-state index is 13.9. The molecule has 0 aromatic carbocycles. The average Bonchev–Trinajstić information content (AvgIpc) is 3.15. The smallest absolute Gasteiger partial charge is 0.386 e. The molecular formula is C14H18F2N5O6P. The molecule has 0 radical (unpaired) electrons. The van der Waals surface area contributed by atoms with Crippen molar-refractivity contribution in [3.8, 4) is 0 Å². The predicted octanol–water partition coefficient (Wildman–Crippen LogP) is 1.25. The first-order valence-electron chi connectivity index (χ1n) is 8.35. The Hall–Kier alpha value is -1.76. The van der Waals surface area contributed by atoms with E-state index in [0.717, 1.165) is 6.33 Å². The summed E-state index contributed by atoms with van der Waals surface area (Å²) < 4.78 is 62.6. The number of phosphoric acid groups is 1. The highest BCUT2D eigenvalue weighted by molar-refractivity contribution is 7.48. The number of aliphatic hydroxyl groups is 1. The number of halogens is 2. The van der Waals surface area contributed by atoms with Crippen LogP contribution in [-0.4, -0.2) is 61.6 Å². The number of anilines is 1. The van der Waals surface area contributed by atoms with Crippen LogP contribution in [0.2, 0.25) is 0 Å². The number of aliphatic hydroxyl groups excluding tert-OH is 1. The average molecular weight is 421 g/mol. The number of hydrogen-bond acceptors (Lipinski definition) is 10. The summed E-state index contributed by atoms with van der Waals surface area (Å²) in [6, 6.07) is 0. The van der Waals surface area contributed by atoms with Gasteiger partial charge in [-0.25, -0.2) is 28.3 Å². The third-order valence-electron chi connectivity index (χ3n) is 4.49. The number of nitrogens with two attached hydrogens (primary N) is 1. The molecule has 2 saturated heterocycles. The molecule has 4 rings (SSSR count). The van der Waals surface area contributed by atoms with Gasteiger partial charge in [0.1, 0.15) is 24.1 Å². The SMILES string of the molecule is CC(C)OP1(=O)OC[C@@]2(C(F)F)O[C@@H](n3cnc4c(N)ncnc43)[C@H](O)[C@H]2O1. The van der Waals surface area contributed by atoms with E-state index in [1.54, 1.807) is 13.8 Å². The Bertz CT molecular complexity index is 944. The van der Waals surface area contributed by atoms with Crippen molar-refractivity contribution in [3.05, 3.63) is 12.7 Å². The Morgan fingerprint density at radius 1 is 1.43 bits per heavy atom. The number of hydrogen-bond donors (Lipinski definition) is 2. The fraction of sp³-hybridized carbons (Fsp3) is 0.643. The molecule has 154 valence electrons. The third kappa shape index (κ3) is 2.90. The first-order chi connectivity index (χ1) is 13.2. The molecule has 0 spiro atoms. The zero-order chi connectivity index (χ0) is 20.3. The normalized spacial score (nSPS) is 35.8. The molecule has 28 heavy (non-hydrogen) atoms. The van der Waals surface area contributed by atoms with Gasteiger partial charge >= 0.3 is 7.82 Å². The summed E-state index contributed by atoms with van der Waals surface area (Å²) in [7, 11) is -4.16. The highest BCUT2D eigenvalue weighted by Gasteiger charge is 2.67. The first kappa shape index (κ1) is 19.6. The Labute approximate surface area is 157 Å². The number of nitrogen functional groups attached to an aromatic ring is 1. The summed E-state index contributed by atoms with van der Waals surface area (Å²) in [4.78, 5) is 11.8. The molecule has 0 bridgehead atoms. The van der Waals surface area contributed by atoms with Gasteiger partial charge in [0, 0.05) is 0 Å². The van der Waals surface area contributed by atoms with E-state index in [2.05, 4.69) is 15.0 Å². The van der Waals surface area contributed by atoms with Crippen molar-refractivity contribution in [2.45, 2.75) is 50.4 Å². The van der Waals surface area contributed by atoms with Gasteiger partial charge in [0.2, 0.25) is 0 Å². The standard InChI is InChI=1S/C14H18F2N5O6P/c1-6(2)26-28(23)24-3-14(13(15)16)9(27-28)8(22)12(25-14)21-5-20-7-10(17)18-4-19-11(7)21/h4-6,8-9,12-13,22H,3H2,1-2H3,(H2,17,18,19)/t8-,9-,12-,14-,28?/m1/s1.